The van der Waals surface area contributed by atoms with E-state index < -0.39 is 10.0 Å². The van der Waals surface area contributed by atoms with Crippen molar-refractivity contribution < 1.29 is 8.42 Å². The molecule has 1 aliphatic carbocycles. The number of hydrogen-bond donors (Lipinski definition) is 0. The van der Waals surface area contributed by atoms with E-state index in [2.05, 4.69) is 23.7 Å². The highest BCUT2D eigenvalue weighted by atomic mass is 32.2. The van der Waals surface area contributed by atoms with Crippen molar-refractivity contribution in [3.63, 3.8) is 0 Å². The Hall–Kier alpha value is -3.83. The van der Waals surface area contributed by atoms with Gasteiger partial charge in [0.15, 0.2) is 0 Å². The zero-order chi connectivity index (χ0) is 23.8. The Morgan fingerprint density at radius 2 is 1.47 bits per heavy atom. The van der Waals surface area contributed by atoms with Gasteiger partial charge in [0, 0.05) is 5.56 Å². The van der Waals surface area contributed by atoms with Crippen LogP contribution in [0, 0.1) is 36.5 Å². The van der Waals surface area contributed by atoms with Gasteiger partial charge in [-0.25, -0.2) is 8.42 Å². The van der Waals surface area contributed by atoms with Crippen molar-refractivity contribution in [2.75, 3.05) is 13.1 Å². The maximum absolute atomic E-state index is 13.4. The first-order valence-corrected chi connectivity index (χ1v) is 12.5. The Bertz CT molecular complexity index is 1470. The normalized spacial score (nSPS) is 13.2. The molecule has 0 amide bonds. The summed E-state index contributed by atoms with van der Waals surface area (Å²) in [6, 6.07) is 20.8. The molecule has 0 fully saturated rings. The number of fused-ring (bicyclic) bond motifs is 1. The van der Waals surface area contributed by atoms with Crippen LogP contribution in [0.15, 0.2) is 108 Å². The second kappa shape index (κ2) is 10.9. The Morgan fingerprint density at radius 1 is 0.794 bits per heavy atom. The summed E-state index contributed by atoms with van der Waals surface area (Å²) in [7, 11) is -3.74. The Morgan fingerprint density at radius 3 is 2.24 bits per heavy atom. The van der Waals surface area contributed by atoms with E-state index in [-0.39, 0.29) is 23.9 Å². The fraction of sp³-hybridized carbons (Fsp3) is 0.133. The van der Waals surface area contributed by atoms with Crippen LogP contribution in [-0.2, 0) is 10.0 Å². The maximum atomic E-state index is 13.4. The van der Waals surface area contributed by atoms with Crippen molar-refractivity contribution in [2.24, 2.45) is 5.92 Å². The lowest BCUT2D eigenvalue weighted by Crippen LogP contribution is -2.32. The highest BCUT2D eigenvalue weighted by Crippen LogP contribution is 2.18. The summed E-state index contributed by atoms with van der Waals surface area (Å²) in [5, 5.41) is 2.15. The van der Waals surface area contributed by atoms with Crippen LogP contribution in [0.4, 0.5) is 0 Å². The molecule has 0 saturated carbocycles. The lowest BCUT2D eigenvalue weighted by molar-refractivity contribution is 0.482. The van der Waals surface area contributed by atoms with E-state index in [1.54, 1.807) is 24.3 Å². The van der Waals surface area contributed by atoms with Crippen LogP contribution in [0.1, 0.15) is 11.1 Å². The molecule has 168 valence electrons. The van der Waals surface area contributed by atoms with E-state index in [1.165, 1.54) is 4.31 Å². The molecule has 4 heteroatoms. The molecule has 34 heavy (non-hydrogen) atoms. The number of aryl methyl sites for hydroxylation is 1. The lowest BCUT2D eigenvalue weighted by atomic mass is 10.1. The molecule has 0 aromatic heterocycles. The molecule has 0 spiro atoms. The number of nitrogens with zero attached hydrogens (tertiary/aromatic N) is 1. The fourth-order valence-corrected chi connectivity index (χ4v) is 4.80. The molecule has 0 heterocycles. The van der Waals surface area contributed by atoms with Crippen LogP contribution in [-0.4, -0.2) is 25.8 Å². The van der Waals surface area contributed by atoms with E-state index >= 15 is 0 Å². The lowest BCUT2D eigenvalue weighted by Gasteiger charge is -2.17. The molecule has 3 nitrogen and oxygen atoms in total. The van der Waals surface area contributed by atoms with Crippen LogP contribution in [0.3, 0.4) is 0 Å². The fourth-order valence-electron chi connectivity index (χ4n) is 3.55. The van der Waals surface area contributed by atoms with Gasteiger partial charge < -0.3 is 0 Å². The third-order valence-electron chi connectivity index (χ3n) is 5.42. The van der Waals surface area contributed by atoms with Crippen LogP contribution in [0.2, 0.25) is 0 Å². The molecule has 0 radical (unpaired) electrons. The smallest absolute Gasteiger partial charge is 0.207 e. The first-order chi connectivity index (χ1) is 16.5. The van der Waals surface area contributed by atoms with Crippen molar-refractivity contribution in [1.29, 1.82) is 0 Å². The predicted molar refractivity (Wildman–Crippen MR) is 139 cm³/mol. The van der Waals surface area contributed by atoms with E-state index in [1.807, 2.05) is 85.8 Å². The maximum Gasteiger partial charge on any atom is 0.244 e. The average molecular weight is 464 g/mol. The van der Waals surface area contributed by atoms with Gasteiger partial charge in [-0.15, -0.1) is 0 Å². The third kappa shape index (κ3) is 5.74. The van der Waals surface area contributed by atoms with Crippen molar-refractivity contribution >= 4 is 20.8 Å². The van der Waals surface area contributed by atoms with E-state index in [0.717, 1.165) is 21.9 Å². The number of sulfonamides is 1. The molecule has 0 aliphatic heterocycles. The molecule has 3 aromatic rings. The largest absolute Gasteiger partial charge is 0.244 e. The Labute approximate surface area is 202 Å². The predicted octanol–water partition coefficient (Wildman–Crippen LogP) is 5.49. The van der Waals surface area contributed by atoms with Gasteiger partial charge in [0.2, 0.25) is 10.0 Å². The summed E-state index contributed by atoms with van der Waals surface area (Å²) < 4.78 is 28.1. The molecule has 3 aromatic carbocycles. The van der Waals surface area contributed by atoms with Gasteiger partial charge in [0.1, 0.15) is 0 Å². The summed E-state index contributed by atoms with van der Waals surface area (Å²) in [5.41, 5.74) is 1.87. The third-order valence-corrected chi connectivity index (χ3v) is 7.23. The van der Waals surface area contributed by atoms with Gasteiger partial charge in [-0.1, -0.05) is 114 Å². The van der Waals surface area contributed by atoms with Crippen LogP contribution in [0.25, 0.3) is 10.8 Å². The first-order valence-electron chi connectivity index (χ1n) is 11.1. The van der Waals surface area contributed by atoms with Crippen LogP contribution >= 0.6 is 0 Å². The number of hydrogen-bond acceptors (Lipinski definition) is 2. The van der Waals surface area contributed by atoms with Crippen molar-refractivity contribution in [3.8, 4) is 23.7 Å². The molecule has 0 unspecified atom stereocenters. The number of allylic oxidation sites excluding steroid dienone is 6. The van der Waals surface area contributed by atoms with Crippen LogP contribution < -0.4 is 0 Å². The molecule has 0 atom stereocenters. The standard InChI is InChI=1S/C30H25NO2S/c1-25-19-21-29(22-20-25)34(32,33)31(23-9-13-26-11-4-2-3-5-12-26)24-10-17-28-16-8-15-27-14-6-7-18-30(27)28/h2-8,11-12,14-16,18-22,26H,23-24H2,1H3. The molecular formula is C30H25NO2S. The van der Waals surface area contributed by atoms with Crippen LogP contribution in [0.5, 0.6) is 0 Å². The van der Waals surface area contributed by atoms with Gasteiger partial charge in [-0.2, -0.15) is 4.31 Å². The molecule has 0 N–H and O–H groups in total. The second-order valence-electron chi connectivity index (χ2n) is 7.92. The van der Waals surface area contributed by atoms with Gasteiger partial charge in [-0.3, -0.25) is 0 Å². The Kier molecular flexibility index (Phi) is 7.45. The van der Waals surface area contributed by atoms with Gasteiger partial charge in [0.05, 0.1) is 23.9 Å². The molecule has 1 aliphatic rings. The van der Waals surface area contributed by atoms with Crippen molar-refractivity contribution in [1.82, 2.24) is 4.31 Å². The zero-order valence-electron chi connectivity index (χ0n) is 19.0. The Balaban J connectivity index is 1.61. The average Bonchev–Trinajstić information content (AvgIpc) is 3.12. The molecule has 0 saturated heterocycles. The van der Waals surface area contributed by atoms with Gasteiger partial charge >= 0.3 is 0 Å². The summed E-state index contributed by atoms with van der Waals surface area (Å²) in [5.74, 6) is 12.4. The quantitative estimate of drug-likeness (QED) is 0.480. The van der Waals surface area contributed by atoms with E-state index in [0.29, 0.717) is 0 Å². The zero-order valence-corrected chi connectivity index (χ0v) is 19.8. The molecule has 4 rings (SSSR count). The minimum Gasteiger partial charge on any atom is -0.207 e. The SMILES string of the molecule is Cc1ccc(S(=O)(=O)N(CC#Cc2cccc3ccccc23)CC#CC2C=CC=CC=C2)cc1. The highest BCUT2D eigenvalue weighted by Gasteiger charge is 2.23. The second-order valence-corrected chi connectivity index (χ2v) is 9.85. The highest BCUT2D eigenvalue weighted by molar-refractivity contribution is 7.89. The minimum atomic E-state index is -3.74. The number of benzene rings is 3. The van der Waals surface area contributed by atoms with E-state index in [9.17, 15) is 8.42 Å². The monoisotopic (exact) mass is 463 g/mol. The first kappa shape index (κ1) is 23.3. The molecule has 0 bridgehead atoms. The molecular weight excluding hydrogens is 438 g/mol. The number of rotatable bonds is 4. The van der Waals surface area contributed by atoms with Gasteiger partial charge in [-0.05, 0) is 35.9 Å². The summed E-state index contributed by atoms with van der Waals surface area (Å²) in [6.07, 6.45) is 11.7. The van der Waals surface area contributed by atoms with Crippen molar-refractivity contribution in [2.45, 2.75) is 11.8 Å². The van der Waals surface area contributed by atoms with E-state index in [4.69, 9.17) is 0 Å². The minimum absolute atomic E-state index is 0.0476. The topological polar surface area (TPSA) is 37.4 Å². The summed E-state index contributed by atoms with van der Waals surface area (Å²) in [6.45, 7) is 2.04. The van der Waals surface area contributed by atoms with Gasteiger partial charge in [0.25, 0.3) is 0 Å². The van der Waals surface area contributed by atoms with Crippen molar-refractivity contribution in [3.05, 3.63) is 114 Å². The summed E-state index contributed by atoms with van der Waals surface area (Å²) >= 11 is 0. The summed E-state index contributed by atoms with van der Waals surface area (Å²) in [4.78, 5) is 0.241.